The molecule has 16 heavy (non-hydrogen) atoms. The fraction of sp³-hybridized carbons (Fsp3) is 0.154. The number of aromatic amines is 1. The maximum Gasteiger partial charge on any atom is 0.271 e. The molecule has 1 amide bonds. The summed E-state index contributed by atoms with van der Waals surface area (Å²) in [6.45, 7) is 1.40. The molecule has 0 fully saturated rings. The molecule has 80 valence electrons. The van der Waals surface area contributed by atoms with E-state index in [1.54, 1.807) is 0 Å². The highest BCUT2D eigenvalue weighted by atomic mass is 16.2. The van der Waals surface area contributed by atoms with Crippen molar-refractivity contribution in [3.8, 4) is 0 Å². The van der Waals surface area contributed by atoms with E-state index >= 15 is 0 Å². The number of aromatic nitrogens is 1. The first-order chi connectivity index (χ1) is 7.84. The van der Waals surface area contributed by atoms with E-state index < -0.39 is 0 Å². The third-order valence-electron chi connectivity index (χ3n) is 2.91. The van der Waals surface area contributed by atoms with Gasteiger partial charge >= 0.3 is 0 Å². The second kappa shape index (κ2) is 3.52. The van der Waals surface area contributed by atoms with Crippen molar-refractivity contribution >= 4 is 5.91 Å². The molecule has 1 aromatic heterocycles. The summed E-state index contributed by atoms with van der Waals surface area (Å²) in [4.78, 5) is 16.8. The Morgan fingerprint density at radius 1 is 1.19 bits per heavy atom. The van der Waals surface area contributed by atoms with E-state index in [-0.39, 0.29) is 5.91 Å². The molecule has 3 heteroatoms. The molecule has 1 N–H and O–H groups in total. The van der Waals surface area contributed by atoms with Crippen LogP contribution in [-0.2, 0) is 13.1 Å². The largest absolute Gasteiger partial charge is 0.357 e. The van der Waals surface area contributed by atoms with Crippen LogP contribution in [0.25, 0.3) is 0 Å². The maximum atomic E-state index is 12.0. The van der Waals surface area contributed by atoms with Gasteiger partial charge in [-0.1, -0.05) is 30.3 Å². The van der Waals surface area contributed by atoms with E-state index in [9.17, 15) is 4.79 Å². The van der Waals surface area contributed by atoms with Gasteiger partial charge in [0, 0.05) is 24.8 Å². The summed E-state index contributed by atoms with van der Waals surface area (Å²) in [7, 11) is 0. The molecular weight excluding hydrogens is 200 g/mol. The molecular formula is C13H12N2O. The third-order valence-corrected chi connectivity index (χ3v) is 2.91. The summed E-state index contributed by atoms with van der Waals surface area (Å²) in [6.07, 6.45) is 1.82. The molecule has 1 aromatic carbocycles. The molecule has 0 radical (unpaired) electrons. The Hall–Kier alpha value is -2.03. The molecule has 0 atom stereocenters. The van der Waals surface area contributed by atoms with E-state index in [1.165, 1.54) is 5.56 Å². The van der Waals surface area contributed by atoms with Crippen LogP contribution in [-0.4, -0.2) is 15.8 Å². The quantitative estimate of drug-likeness (QED) is 0.813. The molecule has 2 aromatic rings. The number of benzene rings is 1. The van der Waals surface area contributed by atoms with Crippen molar-refractivity contribution in [3.63, 3.8) is 0 Å². The topological polar surface area (TPSA) is 36.1 Å². The maximum absolute atomic E-state index is 12.0. The van der Waals surface area contributed by atoms with Gasteiger partial charge in [0.05, 0.1) is 0 Å². The Bertz CT molecular complexity index is 516. The van der Waals surface area contributed by atoms with Gasteiger partial charge in [-0.05, 0) is 11.6 Å². The number of rotatable bonds is 2. The summed E-state index contributed by atoms with van der Waals surface area (Å²) in [5.41, 5.74) is 3.01. The lowest BCUT2D eigenvalue weighted by atomic mass is 10.2. The summed E-state index contributed by atoms with van der Waals surface area (Å²) < 4.78 is 0. The molecule has 1 aliphatic heterocycles. The predicted molar refractivity (Wildman–Crippen MR) is 60.8 cm³/mol. The molecule has 0 unspecified atom stereocenters. The van der Waals surface area contributed by atoms with Crippen LogP contribution < -0.4 is 0 Å². The van der Waals surface area contributed by atoms with Crippen molar-refractivity contribution in [1.29, 1.82) is 0 Å². The first kappa shape index (κ1) is 9.21. The van der Waals surface area contributed by atoms with Crippen molar-refractivity contribution in [3.05, 3.63) is 59.4 Å². The first-order valence-electron chi connectivity index (χ1n) is 5.34. The molecule has 3 rings (SSSR count). The van der Waals surface area contributed by atoms with E-state index in [0.717, 1.165) is 11.3 Å². The van der Waals surface area contributed by atoms with Crippen LogP contribution >= 0.6 is 0 Å². The molecule has 0 saturated carbocycles. The average Bonchev–Trinajstić information content (AvgIpc) is 2.86. The minimum atomic E-state index is 0.101. The zero-order valence-corrected chi connectivity index (χ0v) is 8.81. The van der Waals surface area contributed by atoms with Gasteiger partial charge in [-0.3, -0.25) is 4.79 Å². The van der Waals surface area contributed by atoms with Gasteiger partial charge in [-0.2, -0.15) is 0 Å². The number of H-pyrrole nitrogens is 1. The van der Waals surface area contributed by atoms with Gasteiger partial charge in [0.15, 0.2) is 0 Å². The number of hydrogen-bond donors (Lipinski definition) is 1. The summed E-state index contributed by atoms with van der Waals surface area (Å²) in [6, 6.07) is 12.0. The third kappa shape index (κ3) is 1.41. The lowest BCUT2D eigenvalue weighted by molar-refractivity contribution is 0.0762. The molecule has 1 aliphatic rings. The Labute approximate surface area is 93.7 Å². The lowest BCUT2D eigenvalue weighted by Crippen LogP contribution is -2.23. The van der Waals surface area contributed by atoms with Crippen molar-refractivity contribution in [2.75, 3.05) is 0 Å². The van der Waals surface area contributed by atoms with Crippen molar-refractivity contribution in [2.45, 2.75) is 13.1 Å². The highest BCUT2D eigenvalue weighted by Crippen LogP contribution is 2.22. The van der Waals surface area contributed by atoms with Crippen molar-refractivity contribution < 1.29 is 4.79 Å². The molecule has 0 saturated heterocycles. The fourth-order valence-electron chi connectivity index (χ4n) is 2.10. The van der Waals surface area contributed by atoms with Gasteiger partial charge in [0.25, 0.3) is 5.91 Å². The Morgan fingerprint density at radius 3 is 2.75 bits per heavy atom. The zero-order valence-electron chi connectivity index (χ0n) is 8.81. The van der Waals surface area contributed by atoms with Gasteiger partial charge in [0.2, 0.25) is 0 Å². The van der Waals surface area contributed by atoms with Gasteiger partial charge in [-0.15, -0.1) is 0 Å². The predicted octanol–water partition coefficient (Wildman–Crippen LogP) is 2.17. The number of nitrogens with one attached hydrogen (secondary N) is 1. The second-order valence-corrected chi connectivity index (χ2v) is 4.02. The Balaban J connectivity index is 1.80. The number of nitrogens with zero attached hydrogens (tertiary/aromatic N) is 1. The molecule has 3 nitrogen and oxygen atoms in total. The highest BCUT2D eigenvalue weighted by molar-refractivity contribution is 5.96. The normalized spacial score (nSPS) is 14.2. The van der Waals surface area contributed by atoms with Crippen LogP contribution in [0.4, 0.5) is 0 Å². The van der Waals surface area contributed by atoms with Crippen LogP contribution in [0.2, 0.25) is 0 Å². The van der Waals surface area contributed by atoms with Gasteiger partial charge < -0.3 is 9.88 Å². The van der Waals surface area contributed by atoms with E-state index in [4.69, 9.17) is 0 Å². The Morgan fingerprint density at radius 2 is 2.00 bits per heavy atom. The molecule has 0 bridgehead atoms. The fourth-order valence-corrected chi connectivity index (χ4v) is 2.10. The van der Waals surface area contributed by atoms with Crippen LogP contribution in [0, 0.1) is 0 Å². The lowest BCUT2D eigenvalue weighted by Gasteiger charge is -2.15. The minimum Gasteiger partial charge on any atom is -0.357 e. The summed E-state index contributed by atoms with van der Waals surface area (Å²) >= 11 is 0. The van der Waals surface area contributed by atoms with Gasteiger partial charge in [0.1, 0.15) is 5.69 Å². The first-order valence-corrected chi connectivity index (χ1v) is 5.34. The van der Waals surface area contributed by atoms with Crippen molar-refractivity contribution in [1.82, 2.24) is 9.88 Å². The Kier molecular flexibility index (Phi) is 2.03. The standard InChI is InChI=1S/C13H12N2O/c16-13-12-11(6-7-14-12)9-15(13)8-10-4-2-1-3-5-10/h1-7,14H,8-9H2. The van der Waals surface area contributed by atoms with Crippen LogP contribution in [0.5, 0.6) is 0 Å². The van der Waals surface area contributed by atoms with Crippen LogP contribution in [0.3, 0.4) is 0 Å². The smallest absolute Gasteiger partial charge is 0.271 e. The number of fused-ring (bicyclic) bond motifs is 1. The van der Waals surface area contributed by atoms with Crippen LogP contribution in [0.15, 0.2) is 42.6 Å². The number of carbonyl (C=O) groups excluding carboxylic acids is 1. The van der Waals surface area contributed by atoms with Gasteiger partial charge in [-0.25, -0.2) is 0 Å². The SMILES string of the molecule is O=C1c2[nH]ccc2CN1Cc1ccccc1. The summed E-state index contributed by atoms with van der Waals surface area (Å²) in [5, 5.41) is 0. The van der Waals surface area contributed by atoms with E-state index in [2.05, 4.69) is 4.98 Å². The number of hydrogen-bond acceptors (Lipinski definition) is 1. The second-order valence-electron chi connectivity index (χ2n) is 4.02. The van der Waals surface area contributed by atoms with Crippen molar-refractivity contribution in [2.24, 2.45) is 0 Å². The van der Waals surface area contributed by atoms with E-state index in [0.29, 0.717) is 13.1 Å². The highest BCUT2D eigenvalue weighted by Gasteiger charge is 2.27. The minimum absolute atomic E-state index is 0.101. The number of amides is 1. The monoisotopic (exact) mass is 212 g/mol. The van der Waals surface area contributed by atoms with Crippen LogP contribution in [0.1, 0.15) is 21.6 Å². The molecule has 0 aliphatic carbocycles. The molecule has 2 heterocycles. The van der Waals surface area contributed by atoms with E-state index in [1.807, 2.05) is 47.5 Å². The zero-order chi connectivity index (χ0) is 11.0. The number of carbonyl (C=O) groups is 1. The molecule has 0 spiro atoms. The summed E-state index contributed by atoms with van der Waals surface area (Å²) in [5.74, 6) is 0.101. The average molecular weight is 212 g/mol.